The van der Waals surface area contributed by atoms with Gasteiger partial charge in [-0.05, 0) is 24.3 Å². The van der Waals surface area contributed by atoms with Gasteiger partial charge in [-0.3, -0.25) is 4.79 Å². The Kier molecular flexibility index (Phi) is 5.81. The summed E-state index contributed by atoms with van der Waals surface area (Å²) in [5.74, 6) is 0.644. The number of rotatable bonds is 7. The molecule has 3 nitrogen and oxygen atoms in total. The summed E-state index contributed by atoms with van der Waals surface area (Å²) in [6.45, 7) is 1.90. The second-order valence-electron chi connectivity index (χ2n) is 5.26. The van der Waals surface area contributed by atoms with Crippen molar-refractivity contribution in [2.24, 2.45) is 5.92 Å². The summed E-state index contributed by atoms with van der Waals surface area (Å²) >= 11 is 0. The Morgan fingerprint density at radius 2 is 2.15 bits per heavy atom. The van der Waals surface area contributed by atoms with Crippen LogP contribution in [0.5, 0.6) is 0 Å². The number of benzene rings is 1. The molecule has 1 aliphatic carbocycles. The molecule has 3 heteroatoms. The van der Waals surface area contributed by atoms with E-state index in [4.69, 9.17) is 4.74 Å². The van der Waals surface area contributed by atoms with E-state index in [2.05, 4.69) is 24.3 Å². The average molecular weight is 273 g/mol. The van der Waals surface area contributed by atoms with Crippen LogP contribution in [-0.4, -0.2) is 31.1 Å². The number of hydrogen-bond acceptors (Lipinski definition) is 2. The van der Waals surface area contributed by atoms with Crippen LogP contribution in [0.25, 0.3) is 0 Å². The maximum atomic E-state index is 12.4. The average Bonchev–Trinajstić information content (AvgIpc) is 2.97. The molecule has 0 spiro atoms. The fourth-order valence-electron chi connectivity index (χ4n) is 2.52. The highest BCUT2D eigenvalue weighted by Gasteiger charge is 2.19. The molecule has 0 aromatic heterocycles. The first-order valence-electron chi connectivity index (χ1n) is 7.27. The molecule has 0 radical (unpaired) electrons. The van der Waals surface area contributed by atoms with Crippen molar-refractivity contribution in [3.63, 3.8) is 0 Å². The van der Waals surface area contributed by atoms with Gasteiger partial charge in [-0.1, -0.05) is 42.5 Å². The van der Waals surface area contributed by atoms with E-state index in [-0.39, 0.29) is 5.91 Å². The van der Waals surface area contributed by atoms with Crippen LogP contribution in [0, 0.1) is 5.92 Å². The molecule has 1 aromatic rings. The van der Waals surface area contributed by atoms with E-state index in [0.717, 1.165) is 12.8 Å². The van der Waals surface area contributed by atoms with E-state index < -0.39 is 0 Å². The second-order valence-corrected chi connectivity index (χ2v) is 5.26. The van der Waals surface area contributed by atoms with Gasteiger partial charge in [0.05, 0.1) is 6.61 Å². The maximum Gasteiger partial charge on any atom is 0.223 e. The van der Waals surface area contributed by atoms with Gasteiger partial charge in [0.25, 0.3) is 0 Å². The topological polar surface area (TPSA) is 29.5 Å². The highest BCUT2D eigenvalue weighted by Crippen LogP contribution is 2.21. The lowest BCUT2D eigenvalue weighted by Gasteiger charge is -2.24. The van der Waals surface area contributed by atoms with E-state index in [1.807, 2.05) is 23.1 Å². The smallest absolute Gasteiger partial charge is 0.223 e. The zero-order valence-electron chi connectivity index (χ0n) is 12.1. The molecule has 0 heterocycles. The van der Waals surface area contributed by atoms with Crippen LogP contribution < -0.4 is 0 Å². The molecule has 0 fully saturated rings. The molecular formula is C17H23NO2. The Labute approximate surface area is 121 Å². The molecule has 0 N–H and O–H groups in total. The van der Waals surface area contributed by atoms with E-state index in [9.17, 15) is 4.79 Å². The molecule has 108 valence electrons. The fraction of sp³-hybridized carbons (Fsp3) is 0.471. The molecule has 0 saturated carbocycles. The monoisotopic (exact) mass is 273 g/mol. The Morgan fingerprint density at radius 1 is 1.35 bits per heavy atom. The first-order valence-corrected chi connectivity index (χ1v) is 7.27. The SMILES string of the molecule is COCCN(Cc1ccccc1)C(=O)CC1C=CCC1. The number of amides is 1. The molecule has 1 amide bonds. The number of carbonyl (C=O) groups excluding carboxylic acids is 1. The maximum absolute atomic E-state index is 12.4. The fourth-order valence-corrected chi connectivity index (χ4v) is 2.52. The summed E-state index contributed by atoms with van der Waals surface area (Å²) in [6, 6.07) is 10.1. The number of carbonyl (C=O) groups is 1. The van der Waals surface area contributed by atoms with Crippen molar-refractivity contribution in [3.05, 3.63) is 48.0 Å². The van der Waals surface area contributed by atoms with Crippen molar-refractivity contribution in [1.29, 1.82) is 0 Å². The van der Waals surface area contributed by atoms with Gasteiger partial charge in [0.15, 0.2) is 0 Å². The molecule has 0 saturated heterocycles. The van der Waals surface area contributed by atoms with Gasteiger partial charge in [0, 0.05) is 26.6 Å². The third kappa shape index (κ3) is 4.49. The molecule has 20 heavy (non-hydrogen) atoms. The van der Waals surface area contributed by atoms with Crippen molar-refractivity contribution in [2.45, 2.75) is 25.8 Å². The molecule has 0 aliphatic heterocycles. The standard InChI is InChI=1S/C17H23NO2/c1-20-12-11-18(14-16-9-3-2-4-10-16)17(19)13-15-7-5-6-8-15/h2-5,7,9-10,15H,6,8,11-14H2,1H3. The van der Waals surface area contributed by atoms with Gasteiger partial charge < -0.3 is 9.64 Å². The summed E-state index contributed by atoms with van der Waals surface area (Å²) in [4.78, 5) is 14.4. The Bertz CT molecular complexity index is 442. The quantitative estimate of drug-likeness (QED) is 0.715. The van der Waals surface area contributed by atoms with Crippen molar-refractivity contribution in [2.75, 3.05) is 20.3 Å². The molecule has 1 aliphatic rings. The van der Waals surface area contributed by atoms with E-state index in [0.29, 0.717) is 32.0 Å². The highest BCUT2D eigenvalue weighted by atomic mass is 16.5. The van der Waals surface area contributed by atoms with E-state index in [1.54, 1.807) is 7.11 Å². The summed E-state index contributed by atoms with van der Waals surface area (Å²) in [5, 5.41) is 0. The van der Waals surface area contributed by atoms with Gasteiger partial charge in [0.1, 0.15) is 0 Å². The summed E-state index contributed by atoms with van der Waals surface area (Å²) in [7, 11) is 1.67. The predicted octanol–water partition coefficient (Wildman–Crippen LogP) is 3.02. The van der Waals surface area contributed by atoms with Crippen molar-refractivity contribution in [1.82, 2.24) is 4.90 Å². The Hall–Kier alpha value is -1.61. The largest absolute Gasteiger partial charge is 0.383 e. The lowest BCUT2D eigenvalue weighted by atomic mass is 10.0. The number of allylic oxidation sites excluding steroid dienone is 2. The molecule has 2 rings (SSSR count). The lowest BCUT2D eigenvalue weighted by Crippen LogP contribution is -2.34. The number of nitrogens with zero attached hydrogens (tertiary/aromatic N) is 1. The predicted molar refractivity (Wildman–Crippen MR) is 80.2 cm³/mol. The van der Waals surface area contributed by atoms with Gasteiger partial charge in [-0.25, -0.2) is 0 Å². The van der Waals surface area contributed by atoms with Gasteiger partial charge in [0.2, 0.25) is 5.91 Å². The molecule has 1 unspecified atom stereocenters. The minimum absolute atomic E-state index is 0.224. The number of methoxy groups -OCH3 is 1. The summed E-state index contributed by atoms with van der Waals surface area (Å²) < 4.78 is 5.12. The van der Waals surface area contributed by atoms with Crippen molar-refractivity contribution < 1.29 is 9.53 Å². The van der Waals surface area contributed by atoms with Crippen LogP contribution in [-0.2, 0) is 16.1 Å². The molecule has 0 bridgehead atoms. The third-order valence-electron chi connectivity index (χ3n) is 3.68. The first kappa shape index (κ1) is 14.8. The molecule has 1 aromatic carbocycles. The van der Waals surface area contributed by atoms with E-state index in [1.165, 1.54) is 5.56 Å². The number of hydrogen-bond donors (Lipinski definition) is 0. The van der Waals surface area contributed by atoms with Crippen molar-refractivity contribution in [3.8, 4) is 0 Å². The minimum Gasteiger partial charge on any atom is -0.383 e. The molecule has 1 atom stereocenters. The summed E-state index contributed by atoms with van der Waals surface area (Å²) in [6.07, 6.45) is 7.18. The van der Waals surface area contributed by atoms with Crippen LogP contribution in [0.3, 0.4) is 0 Å². The van der Waals surface area contributed by atoms with Gasteiger partial charge in [-0.2, -0.15) is 0 Å². The van der Waals surface area contributed by atoms with Crippen LogP contribution in [0.4, 0.5) is 0 Å². The van der Waals surface area contributed by atoms with Crippen LogP contribution in [0.1, 0.15) is 24.8 Å². The van der Waals surface area contributed by atoms with Crippen molar-refractivity contribution >= 4 is 5.91 Å². The first-order chi connectivity index (χ1) is 9.79. The van der Waals surface area contributed by atoms with Gasteiger partial charge >= 0.3 is 0 Å². The highest BCUT2D eigenvalue weighted by molar-refractivity contribution is 5.76. The Balaban J connectivity index is 1.94. The Morgan fingerprint density at radius 3 is 2.80 bits per heavy atom. The zero-order chi connectivity index (χ0) is 14.2. The van der Waals surface area contributed by atoms with Crippen LogP contribution in [0.15, 0.2) is 42.5 Å². The van der Waals surface area contributed by atoms with Gasteiger partial charge in [-0.15, -0.1) is 0 Å². The normalized spacial score (nSPS) is 17.4. The second kappa shape index (κ2) is 7.85. The minimum atomic E-state index is 0.224. The zero-order valence-corrected chi connectivity index (χ0v) is 12.1. The lowest BCUT2D eigenvalue weighted by molar-refractivity contribution is -0.133. The molecular weight excluding hydrogens is 250 g/mol. The van der Waals surface area contributed by atoms with E-state index >= 15 is 0 Å². The van der Waals surface area contributed by atoms with Crippen LogP contribution >= 0.6 is 0 Å². The van der Waals surface area contributed by atoms with Crippen LogP contribution in [0.2, 0.25) is 0 Å². The summed E-state index contributed by atoms with van der Waals surface area (Å²) in [5.41, 5.74) is 1.17. The third-order valence-corrected chi connectivity index (χ3v) is 3.68. The number of ether oxygens (including phenoxy) is 1.